The minimum atomic E-state index is -0.751. The zero-order valence-corrected chi connectivity index (χ0v) is 10.9. The van der Waals surface area contributed by atoms with Crippen molar-refractivity contribution in [3.05, 3.63) is 23.8 Å². The van der Waals surface area contributed by atoms with E-state index >= 15 is 0 Å². The first-order valence-corrected chi connectivity index (χ1v) is 6.70. The summed E-state index contributed by atoms with van der Waals surface area (Å²) in [6, 6.07) is 6.20. The highest BCUT2D eigenvalue weighted by Crippen LogP contribution is 2.36. The molecule has 0 unspecified atom stereocenters. The van der Waals surface area contributed by atoms with E-state index in [1.165, 1.54) is 4.90 Å². The van der Waals surface area contributed by atoms with Gasteiger partial charge in [-0.15, -0.1) is 11.8 Å². The van der Waals surface area contributed by atoms with Crippen LogP contribution in [-0.4, -0.2) is 23.4 Å². The third-order valence-electron chi connectivity index (χ3n) is 3.03. The van der Waals surface area contributed by atoms with E-state index in [1.807, 2.05) is 31.7 Å². The van der Waals surface area contributed by atoms with Gasteiger partial charge in [0.1, 0.15) is 0 Å². The maximum absolute atomic E-state index is 10.9. The summed E-state index contributed by atoms with van der Waals surface area (Å²) in [7, 11) is 0. The molecule has 0 saturated heterocycles. The van der Waals surface area contributed by atoms with Gasteiger partial charge in [0.25, 0.3) is 0 Å². The molecular formula is C13H17NO2S. The first-order chi connectivity index (χ1) is 7.99. The SMILES string of the molecule is CC(C)(CC(=O)O)c1ccc2c(c1)SCCN2. The summed E-state index contributed by atoms with van der Waals surface area (Å²) in [5.41, 5.74) is 1.93. The van der Waals surface area contributed by atoms with Gasteiger partial charge < -0.3 is 10.4 Å². The smallest absolute Gasteiger partial charge is 0.304 e. The normalized spacial score (nSPS) is 14.9. The Kier molecular flexibility index (Phi) is 3.33. The molecule has 1 aliphatic rings. The maximum atomic E-state index is 10.9. The highest BCUT2D eigenvalue weighted by atomic mass is 32.2. The molecule has 1 heterocycles. The Bertz CT molecular complexity index is 443. The van der Waals surface area contributed by atoms with Gasteiger partial charge in [0, 0.05) is 28.3 Å². The average Bonchev–Trinajstić information content (AvgIpc) is 2.26. The van der Waals surface area contributed by atoms with Gasteiger partial charge in [-0.1, -0.05) is 19.9 Å². The molecular weight excluding hydrogens is 234 g/mol. The molecule has 1 aliphatic heterocycles. The van der Waals surface area contributed by atoms with E-state index in [4.69, 9.17) is 5.11 Å². The van der Waals surface area contributed by atoms with Crippen molar-refractivity contribution >= 4 is 23.4 Å². The molecule has 92 valence electrons. The molecule has 1 aromatic rings. The minimum absolute atomic E-state index is 0.157. The Balaban J connectivity index is 2.30. The largest absolute Gasteiger partial charge is 0.481 e. The van der Waals surface area contributed by atoms with E-state index < -0.39 is 5.97 Å². The van der Waals surface area contributed by atoms with Crippen molar-refractivity contribution in [2.24, 2.45) is 0 Å². The number of hydrogen-bond acceptors (Lipinski definition) is 3. The van der Waals surface area contributed by atoms with E-state index in [9.17, 15) is 4.79 Å². The molecule has 0 saturated carbocycles. The minimum Gasteiger partial charge on any atom is -0.481 e. The number of carboxylic acids is 1. The van der Waals surface area contributed by atoms with Crippen LogP contribution in [0.4, 0.5) is 5.69 Å². The van der Waals surface area contributed by atoms with Crippen molar-refractivity contribution in [2.75, 3.05) is 17.6 Å². The number of nitrogens with one attached hydrogen (secondary N) is 1. The molecule has 0 fully saturated rings. The first-order valence-electron chi connectivity index (χ1n) is 5.72. The van der Waals surface area contributed by atoms with Crippen molar-refractivity contribution in [1.82, 2.24) is 0 Å². The van der Waals surface area contributed by atoms with Crippen LogP contribution in [0.25, 0.3) is 0 Å². The number of rotatable bonds is 3. The van der Waals surface area contributed by atoms with Crippen LogP contribution in [0, 0.1) is 0 Å². The van der Waals surface area contributed by atoms with Gasteiger partial charge >= 0.3 is 5.97 Å². The monoisotopic (exact) mass is 251 g/mol. The maximum Gasteiger partial charge on any atom is 0.304 e. The quantitative estimate of drug-likeness (QED) is 0.867. The first kappa shape index (κ1) is 12.3. The molecule has 2 rings (SSSR count). The number of thioether (sulfide) groups is 1. The van der Waals surface area contributed by atoms with Crippen LogP contribution < -0.4 is 5.32 Å². The molecule has 0 bridgehead atoms. The summed E-state index contributed by atoms with van der Waals surface area (Å²) < 4.78 is 0. The Hall–Kier alpha value is -1.16. The van der Waals surface area contributed by atoms with E-state index in [1.54, 1.807) is 0 Å². The number of hydrogen-bond donors (Lipinski definition) is 2. The molecule has 0 aliphatic carbocycles. The van der Waals surface area contributed by atoms with Gasteiger partial charge in [0.15, 0.2) is 0 Å². The molecule has 3 nitrogen and oxygen atoms in total. The van der Waals surface area contributed by atoms with Crippen LogP contribution in [0.5, 0.6) is 0 Å². The fourth-order valence-electron chi connectivity index (χ4n) is 2.04. The number of anilines is 1. The summed E-state index contributed by atoms with van der Waals surface area (Å²) in [6.45, 7) is 4.95. The Morgan fingerprint density at radius 3 is 3.00 bits per heavy atom. The van der Waals surface area contributed by atoms with Crippen LogP contribution in [-0.2, 0) is 10.2 Å². The Morgan fingerprint density at radius 2 is 2.29 bits per heavy atom. The lowest BCUT2D eigenvalue weighted by Crippen LogP contribution is -2.22. The summed E-state index contributed by atoms with van der Waals surface area (Å²) in [5, 5.41) is 12.3. The zero-order chi connectivity index (χ0) is 12.5. The number of carbonyl (C=O) groups is 1. The second kappa shape index (κ2) is 4.61. The average molecular weight is 251 g/mol. The summed E-state index contributed by atoms with van der Waals surface area (Å²) in [4.78, 5) is 12.1. The second-order valence-electron chi connectivity index (χ2n) is 4.94. The highest BCUT2D eigenvalue weighted by Gasteiger charge is 2.25. The van der Waals surface area contributed by atoms with Crippen molar-refractivity contribution in [3.63, 3.8) is 0 Å². The summed E-state index contributed by atoms with van der Waals surface area (Å²) in [6.07, 6.45) is 0.157. The lowest BCUT2D eigenvalue weighted by Gasteiger charge is -2.26. The van der Waals surface area contributed by atoms with Gasteiger partial charge in [-0.25, -0.2) is 0 Å². The summed E-state index contributed by atoms with van der Waals surface area (Å²) in [5.74, 6) is 0.314. The molecule has 0 atom stereocenters. The van der Waals surface area contributed by atoms with E-state index in [0.717, 1.165) is 23.5 Å². The molecule has 4 heteroatoms. The molecule has 0 aromatic heterocycles. The highest BCUT2D eigenvalue weighted by molar-refractivity contribution is 7.99. The van der Waals surface area contributed by atoms with Gasteiger partial charge in [-0.3, -0.25) is 4.79 Å². The molecule has 0 spiro atoms. The number of fused-ring (bicyclic) bond motifs is 1. The third-order valence-corrected chi connectivity index (χ3v) is 4.09. The molecule has 17 heavy (non-hydrogen) atoms. The lowest BCUT2D eigenvalue weighted by atomic mass is 9.81. The van der Waals surface area contributed by atoms with E-state index in [2.05, 4.69) is 17.4 Å². The molecule has 0 amide bonds. The lowest BCUT2D eigenvalue weighted by molar-refractivity contribution is -0.138. The number of benzene rings is 1. The molecule has 2 N–H and O–H groups in total. The predicted octanol–water partition coefficient (Wildman–Crippen LogP) is 2.96. The van der Waals surface area contributed by atoms with Gasteiger partial charge in [-0.05, 0) is 17.7 Å². The second-order valence-corrected chi connectivity index (χ2v) is 6.08. The van der Waals surface area contributed by atoms with Crippen LogP contribution in [0.1, 0.15) is 25.8 Å². The number of carboxylic acid groups (broad SMARTS) is 1. The van der Waals surface area contributed by atoms with E-state index in [0.29, 0.717) is 0 Å². The van der Waals surface area contributed by atoms with E-state index in [-0.39, 0.29) is 11.8 Å². The molecule has 0 radical (unpaired) electrons. The fraction of sp³-hybridized carbons (Fsp3) is 0.462. The predicted molar refractivity (Wildman–Crippen MR) is 70.9 cm³/mol. The Labute approximate surface area is 106 Å². The van der Waals surface area contributed by atoms with Crippen LogP contribution in [0.2, 0.25) is 0 Å². The third kappa shape index (κ3) is 2.75. The van der Waals surface area contributed by atoms with Crippen molar-refractivity contribution in [1.29, 1.82) is 0 Å². The van der Waals surface area contributed by atoms with Crippen molar-refractivity contribution in [2.45, 2.75) is 30.6 Å². The molecule has 1 aromatic carbocycles. The topological polar surface area (TPSA) is 49.3 Å². The van der Waals surface area contributed by atoms with Crippen LogP contribution in [0.15, 0.2) is 23.1 Å². The van der Waals surface area contributed by atoms with Crippen LogP contribution in [0.3, 0.4) is 0 Å². The van der Waals surface area contributed by atoms with Crippen molar-refractivity contribution < 1.29 is 9.90 Å². The Morgan fingerprint density at radius 1 is 1.53 bits per heavy atom. The van der Waals surface area contributed by atoms with Gasteiger partial charge in [-0.2, -0.15) is 0 Å². The zero-order valence-electron chi connectivity index (χ0n) is 10.1. The summed E-state index contributed by atoms with van der Waals surface area (Å²) >= 11 is 1.83. The number of aliphatic carboxylic acids is 1. The van der Waals surface area contributed by atoms with Crippen LogP contribution >= 0.6 is 11.8 Å². The van der Waals surface area contributed by atoms with Gasteiger partial charge in [0.2, 0.25) is 0 Å². The fourth-order valence-corrected chi connectivity index (χ4v) is 2.97. The van der Waals surface area contributed by atoms with Crippen molar-refractivity contribution in [3.8, 4) is 0 Å². The standard InChI is InChI=1S/C13H17NO2S/c1-13(2,8-12(15)16)9-3-4-10-11(7-9)17-6-5-14-10/h3-4,7,14H,5-6,8H2,1-2H3,(H,15,16). The van der Waals surface area contributed by atoms with Gasteiger partial charge in [0.05, 0.1) is 6.42 Å².